The topological polar surface area (TPSA) is 86.2 Å². The maximum absolute atomic E-state index is 8.99. The van der Waals surface area contributed by atoms with Gasteiger partial charge in [0.1, 0.15) is 5.76 Å². The number of halogens is 1. The standard InChI is InChI=1S/C19H25N5O.HI/c1-4-17-16(18(5-2)25-24-17)13-23-19(21-6-3)22-12-15-9-7-8-14(10-15)11-20;/h7-10H,4-6,12-13H2,1-3H3,(H2,21,22,23);1H. The number of hydrogen-bond acceptors (Lipinski definition) is 4. The Labute approximate surface area is 172 Å². The average Bonchev–Trinajstić information content (AvgIpc) is 3.06. The summed E-state index contributed by atoms with van der Waals surface area (Å²) in [6.07, 6.45) is 1.66. The first-order valence-electron chi connectivity index (χ1n) is 8.69. The molecule has 2 aromatic rings. The second-order valence-corrected chi connectivity index (χ2v) is 5.60. The van der Waals surface area contributed by atoms with Crippen LogP contribution in [0.25, 0.3) is 0 Å². The molecule has 1 heterocycles. The summed E-state index contributed by atoms with van der Waals surface area (Å²) in [7, 11) is 0. The number of nitrogens with zero attached hydrogens (tertiary/aromatic N) is 3. The van der Waals surface area contributed by atoms with E-state index in [2.05, 4.69) is 40.7 Å². The molecule has 0 spiro atoms. The fourth-order valence-corrected chi connectivity index (χ4v) is 2.56. The van der Waals surface area contributed by atoms with Crippen LogP contribution in [0.15, 0.2) is 33.8 Å². The molecule has 26 heavy (non-hydrogen) atoms. The number of nitriles is 1. The molecule has 0 aliphatic rings. The van der Waals surface area contributed by atoms with Crippen molar-refractivity contribution in [3.05, 3.63) is 52.4 Å². The Hall–Kier alpha value is -2.08. The lowest BCUT2D eigenvalue weighted by atomic mass is 10.1. The SMILES string of the molecule is CCNC(=NCc1cccc(C#N)c1)NCc1c(CC)noc1CC.I. The summed E-state index contributed by atoms with van der Waals surface area (Å²) >= 11 is 0. The molecule has 0 aliphatic carbocycles. The van der Waals surface area contributed by atoms with Gasteiger partial charge in [-0.3, -0.25) is 0 Å². The number of benzene rings is 1. The van der Waals surface area contributed by atoms with Gasteiger partial charge in [0, 0.05) is 25.1 Å². The van der Waals surface area contributed by atoms with Crippen molar-refractivity contribution in [3.63, 3.8) is 0 Å². The zero-order valence-electron chi connectivity index (χ0n) is 15.5. The highest BCUT2D eigenvalue weighted by Gasteiger charge is 2.13. The van der Waals surface area contributed by atoms with Gasteiger partial charge >= 0.3 is 0 Å². The van der Waals surface area contributed by atoms with E-state index in [0.29, 0.717) is 18.7 Å². The maximum Gasteiger partial charge on any atom is 0.191 e. The third kappa shape index (κ3) is 6.02. The van der Waals surface area contributed by atoms with E-state index in [1.54, 1.807) is 6.07 Å². The van der Waals surface area contributed by atoms with Gasteiger partial charge in [0.05, 0.1) is 23.9 Å². The van der Waals surface area contributed by atoms with Gasteiger partial charge in [-0.2, -0.15) is 5.26 Å². The summed E-state index contributed by atoms with van der Waals surface area (Å²) < 4.78 is 5.40. The minimum atomic E-state index is 0. The number of guanidine groups is 1. The Bertz CT molecular complexity index is 742. The summed E-state index contributed by atoms with van der Waals surface area (Å²) in [5.74, 6) is 1.65. The molecule has 7 heteroatoms. The normalized spacial score (nSPS) is 10.8. The zero-order valence-corrected chi connectivity index (χ0v) is 17.8. The fourth-order valence-electron chi connectivity index (χ4n) is 2.56. The van der Waals surface area contributed by atoms with E-state index in [0.717, 1.165) is 47.9 Å². The smallest absolute Gasteiger partial charge is 0.191 e. The summed E-state index contributed by atoms with van der Waals surface area (Å²) in [6.45, 7) is 8.07. The lowest BCUT2D eigenvalue weighted by Crippen LogP contribution is -2.37. The third-order valence-electron chi connectivity index (χ3n) is 3.86. The molecular weight excluding hydrogens is 441 g/mol. The van der Waals surface area contributed by atoms with Crippen molar-refractivity contribution in [2.24, 2.45) is 4.99 Å². The van der Waals surface area contributed by atoms with Crippen molar-refractivity contribution < 1.29 is 4.52 Å². The molecule has 0 amide bonds. The van der Waals surface area contributed by atoms with E-state index in [9.17, 15) is 0 Å². The van der Waals surface area contributed by atoms with E-state index >= 15 is 0 Å². The number of aryl methyl sites for hydroxylation is 2. The Morgan fingerprint density at radius 2 is 2.04 bits per heavy atom. The second-order valence-electron chi connectivity index (χ2n) is 5.60. The minimum absolute atomic E-state index is 0. The molecule has 1 aromatic heterocycles. The molecule has 2 rings (SSSR count). The summed E-state index contributed by atoms with van der Waals surface area (Å²) in [6, 6.07) is 9.65. The molecule has 0 unspecified atom stereocenters. The van der Waals surface area contributed by atoms with E-state index in [-0.39, 0.29) is 24.0 Å². The first-order valence-corrected chi connectivity index (χ1v) is 8.69. The van der Waals surface area contributed by atoms with Crippen LogP contribution in [-0.4, -0.2) is 17.7 Å². The number of rotatable bonds is 7. The Kier molecular flexibility index (Phi) is 9.73. The van der Waals surface area contributed by atoms with Crippen molar-refractivity contribution in [2.45, 2.75) is 46.7 Å². The van der Waals surface area contributed by atoms with Crippen molar-refractivity contribution in [3.8, 4) is 6.07 Å². The van der Waals surface area contributed by atoms with Crippen LogP contribution in [0.2, 0.25) is 0 Å². The second kappa shape index (κ2) is 11.5. The van der Waals surface area contributed by atoms with Gasteiger partial charge in [-0.1, -0.05) is 31.1 Å². The summed E-state index contributed by atoms with van der Waals surface area (Å²) in [5, 5.41) is 19.7. The highest BCUT2D eigenvalue weighted by Crippen LogP contribution is 2.15. The highest BCUT2D eigenvalue weighted by molar-refractivity contribution is 14.0. The van der Waals surface area contributed by atoms with Gasteiger partial charge in [0.25, 0.3) is 0 Å². The van der Waals surface area contributed by atoms with Crippen LogP contribution >= 0.6 is 24.0 Å². The van der Waals surface area contributed by atoms with E-state index in [1.165, 1.54) is 0 Å². The van der Waals surface area contributed by atoms with Crippen molar-refractivity contribution in [2.75, 3.05) is 6.54 Å². The Morgan fingerprint density at radius 1 is 1.23 bits per heavy atom. The van der Waals surface area contributed by atoms with E-state index in [4.69, 9.17) is 9.78 Å². The lowest BCUT2D eigenvalue weighted by molar-refractivity contribution is 0.380. The lowest BCUT2D eigenvalue weighted by Gasteiger charge is -2.11. The van der Waals surface area contributed by atoms with Crippen LogP contribution in [0.4, 0.5) is 0 Å². The highest BCUT2D eigenvalue weighted by atomic mass is 127. The van der Waals surface area contributed by atoms with Crippen molar-refractivity contribution in [1.29, 1.82) is 5.26 Å². The van der Waals surface area contributed by atoms with Crippen molar-refractivity contribution >= 4 is 29.9 Å². The van der Waals surface area contributed by atoms with Gasteiger partial charge in [-0.15, -0.1) is 24.0 Å². The molecule has 0 bridgehead atoms. The molecule has 1 aromatic carbocycles. The molecule has 0 saturated heterocycles. The van der Waals surface area contributed by atoms with Crippen LogP contribution in [0, 0.1) is 11.3 Å². The summed E-state index contributed by atoms with van der Waals surface area (Å²) in [4.78, 5) is 4.60. The number of nitrogens with one attached hydrogen (secondary N) is 2. The Morgan fingerprint density at radius 3 is 2.69 bits per heavy atom. The first-order chi connectivity index (χ1) is 12.2. The number of hydrogen-bond donors (Lipinski definition) is 2. The predicted molar refractivity (Wildman–Crippen MR) is 113 cm³/mol. The van der Waals surface area contributed by atoms with E-state index < -0.39 is 0 Å². The van der Waals surface area contributed by atoms with Gasteiger partial charge in [0.15, 0.2) is 5.96 Å². The Balaban J connectivity index is 0.00000338. The predicted octanol–water partition coefficient (Wildman–Crippen LogP) is 3.54. The molecular formula is C19H26IN5O. The summed E-state index contributed by atoms with van der Waals surface area (Å²) in [5.41, 5.74) is 3.75. The molecule has 140 valence electrons. The van der Waals surface area contributed by atoms with Gasteiger partial charge in [-0.25, -0.2) is 4.99 Å². The van der Waals surface area contributed by atoms with Crippen LogP contribution in [-0.2, 0) is 25.9 Å². The molecule has 0 saturated carbocycles. The maximum atomic E-state index is 8.99. The fraction of sp³-hybridized carbons (Fsp3) is 0.421. The van der Waals surface area contributed by atoms with E-state index in [1.807, 2.05) is 25.1 Å². The quantitative estimate of drug-likeness (QED) is 0.370. The first kappa shape index (κ1) is 22.0. The van der Waals surface area contributed by atoms with Crippen LogP contribution in [0.1, 0.15) is 48.9 Å². The third-order valence-corrected chi connectivity index (χ3v) is 3.86. The molecule has 0 aliphatic heterocycles. The molecule has 2 N–H and O–H groups in total. The molecule has 0 fully saturated rings. The van der Waals surface area contributed by atoms with Gasteiger partial charge in [-0.05, 0) is 31.0 Å². The minimum Gasteiger partial charge on any atom is -0.361 e. The molecule has 0 radical (unpaired) electrons. The van der Waals surface area contributed by atoms with Crippen LogP contribution in [0.3, 0.4) is 0 Å². The molecule has 0 atom stereocenters. The van der Waals surface area contributed by atoms with Gasteiger partial charge < -0.3 is 15.2 Å². The number of aliphatic imine (C=N–C) groups is 1. The van der Waals surface area contributed by atoms with Crippen LogP contribution < -0.4 is 10.6 Å². The molecule has 6 nitrogen and oxygen atoms in total. The van der Waals surface area contributed by atoms with Gasteiger partial charge in [0.2, 0.25) is 0 Å². The number of aromatic nitrogens is 1. The van der Waals surface area contributed by atoms with Crippen molar-refractivity contribution in [1.82, 2.24) is 15.8 Å². The zero-order chi connectivity index (χ0) is 18.1. The monoisotopic (exact) mass is 467 g/mol. The van der Waals surface area contributed by atoms with Crippen LogP contribution in [0.5, 0.6) is 0 Å². The average molecular weight is 467 g/mol. The largest absolute Gasteiger partial charge is 0.361 e.